The monoisotopic (exact) mass is 675 g/mol. The van der Waals surface area contributed by atoms with Gasteiger partial charge in [0.05, 0.1) is 41.4 Å². The number of carbonyl (C=O) groups excluding carboxylic acids is 1. The summed E-state index contributed by atoms with van der Waals surface area (Å²) < 4.78 is 32.2. The lowest BCUT2D eigenvalue weighted by Gasteiger charge is -2.29. The van der Waals surface area contributed by atoms with Crippen LogP contribution in [-0.2, 0) is 35.2 Å². The van der Waals surface area contributed by atoms with Gasteiger partial charge >= 0.3 is 0 Å². The maximum Gasteiger partial charge on any atom is 0.251 e. The van der Waals surface area contributed by atoms with Crippen LogP contribution in [0.15, 0.2) is 36.4 Å². The maximum atomic E-state index is 12.9. The molecule has 0 fully saturated rings. The number of imidazole rings is 1. The smallest absolute Gasteiger partial charge is 0.251 e. The number of carbonyl (C=O) groups is 1. The van der Waals surface area contributed by atoms with Crippen molar-refractivity contribution in [3.8, 4) is 6.07 Å². The Morgan fingerprint density at radius 2 is 1.79 bits per heavy atom. The number of fused-ring (bicyclic) bond motifs is 1. The minimum atomic E-state index is -0.922. The number of halogens is 1. The number of aliphatic hydroxyl groups is 1. The molecule has 3 aromatic rings. The lowest BCUT2D eigenvalue weighted by molar-refractivity contribution is -0.0271. The van der Waals surface area contributed by atoms with Crippen molar-refractivity contribution >= 4 is 27.7 Å². The first-order valence-electron chi connectivity index (χ1n) is 16.2. The quantitative estimate of drug-likeness (QED) is 0.190. The fourth-order valence-electron chi connectivity index (χ4n) is 3.81. The molecule has 1 amide bonds. The van der Waals surface area contributed by atoms with Gasteiger partial charge in [-0.15, -0.1) is 0 Å². The van der Waals surface area contributed by atoms with Gasteiger partial charge in [0, 0.05) is 52.6 Å². The van der Waals surface area contributed by atoms with Gasteiger partial charge in [0.1, 0.15) is 11.6 Å². The van der Waals surface area contributed by atoms with Crippen molar-refractivity contribution in [3.63, 3.8) is 0 Å². The number of rotatable bonds is 12. The van der Waals surface area contributed by atoms with Gasteiger partial charge in [-0.05, 0) is 76.8 Å². The summed E-state index contributed by atoms with van der Waals surface area (Å²) in [6, 6.07) is 11.2. The molecule has 1 heterocycles. The van der Waals surface area contributed by atoms with Gasteiger partial charge < -0.3 is 25.5 Å². The van der Waals surface area contributed by atoms with E-state index in [0.717, 1.165) is 35.3 Å². The van der Waals surface area contributed by atoms with E-state index in [-0.39, 0.29) is 35.8 Å². The number of hydrogen-bond acceptors (Lipinski definition) is 7. The standard InChI is InChI=1S/C22H36N4O3S.C8H6FNO.C4H10.C2H6/c1-7-22(4,5)29-12-10-21(2,3)25-20(27)16-8-9-17-18(14-16)26(11-13-30(6)28)19(15-23)24-17;9-8-3-6(4-10)1-2-7(8)5-11;1-4(2)3;1-2/h8-9,14H,7,10-13,15,23H2,1-6H3,(H,25,27);1-3,11H,5H2;4H,1-3H3;1-2H3. The maximum absolute atomic E-state index is 12.9. The number of hydrogen-bond donors (Lipinski definition) is 3. The van der Waals surface area contributed by atoms with Crippen LogP contribution < -0.4 is 11.1 Å². The Labute approximate surface area is 284 Å². The SMILES string of the molecule is CC.CC(C)C.CCC(C)(C)OCCC(C)(C)NC(=O)c1ccc2nc(CN)n(CCS(C)=O)c2c1.N#Cc1ccc(CO)c(F)c1. The number of nitriles is 1. The van der Waals surface area contributed by atoms with Crippen LogP contribution in [0.2, 0.25) is 0 Å². The highest BCUT2D eigenvalue weighted by atomic mass is 32.2. The van der Waals surface area contributed by atoms with E-state index < -0.39 is 22.2 Å². The highest BCUT2D eigenvalue weighted by Gasteiger charge is 2.24. The van der Waals surface area contributed by atoms with Gasteiger partial charge in [0.15, 0.2) is 0 Å². The van der Waals surface area contributed by atoms with E-state index in [1.54, 1.807) is 18.4 Å². The van der Waals surface area contributed by atoms with E-state index in [1.165, 1.54) is 12.1 Å². The molecule has 0 saturated carbocycles. The lowest BCUT2D eigenvalue weighted by atomic mass is 9.99. The molecule has 1 atom stereocenters. The molecule has 2 aromatic carbocycles. The van der Waals surface area contributed by atoms with Crippen molar-refractivity contribution in [2.75, 3.05) is 18.6 Å². The zero-order chi connectivity index (χ0) is 36.4. The molecule has 1 aromatic heterocycles. The number of benzene rings is 2. The first-order valence-corrected chi connectivity index (χ1v) is 18.0. The third-order valence-electron chi connectivity index (χ3n) is 6.75. The molecular weight excluding hydrogens is 617 g/mol. The van der Waals surface area contributed by atoms with Crippen LogP contribution in [0.25, 0.3) is 11.0 Å². The highest BCUT2D eigenvalue weighted by Crippen LogP contribution is 2.21. The average molecular weight is 676 g/mol. The number of nitrogens with one attached hydrogen (secondary N) is 1. The van der Waals surface area contributed by atoms with E-state index in [4.69, 9.17) is 20.8 Å². The normalized spacial score (nSPS) is 11.7. The Bertz CT molecular complexity index is 1440. The van der Waals surface area contributed by atoms with Crippen LogP contribution in [-0.4, -0.2) is 54.5 Å². The molecule has 4 N–H and O–H groups in total. The Morgan fingerprint density at radius 1 is 1.17 bits per heavy atom. The van der Waals surface area contributed by atoms with Crippen molar-refractivity contribution in [2.24, 2.45) is 11.7 Å². The van der Waals surface area contributed by atoms with E-state index in [9.17, 15) is 13.4 Å². The minimum Gasteiger partial charge on any atom is -0.392 e. The van der Waals surface area contributed by atoms with Crippen molar-refractivity contribution in [1.82, 2.24) is 14.9 Å². The number of ether oxygens (including phenoxy) is 1. The Morgan fingerprint density at radius 3 is 2.28 bits per heavy atom. The van der Waals surface area contributed by atoms with Crippen LogP contribution in [0.3, 0.4) is 0 Å². The minimum absolute atomic E-state index is 0.141. The number of nitrogens with two attached hydrogens (primary N) is 1. The Balaban J connectivity index is 0.00000102. The molecule has 1 unspecified atom stereocenters. The van der Waals surface area contributed by atoms with Crippen LogP contribution in [0, 0.1) is 23.1 Å². The van der Waals surface area contributed by atoms with E-state index in [0.29, 0.717) is 30.9 Å². The predicted octanol–water partition coefficient (Wildman–Crippen LogP) is 6.86. The number of aliphatic hydroxyl groups excluding tert-OH is 1. The van der Waals surface area contributed by atoms with Gasteiger partial charge in [0.25, 0.3) is 5.91 Å². The van der Waals surface area contributed by atoms with Gasteiger partial charge in [-0.25, -0.2) is 9.37 Å². The van der Waals surface area contributed by atoms with Crippen molar-refractivity contribution < 1.29 is 23.2 Å². The summed E-state index contributed by atoms with van der Waals surface area (Å²) in [5.74, 6) is 1.39. The fourth-order valence-corrected chi connectivity index (χ4v) is 4.25. The highest BCUT2D eigenvalue weighted by molar-refractivity contribution is 7.84. The third-order valence-corrected chi connectivity index (χ3v) is 7.51. The van der Waals surface area contributed by atoms with E-state index in [1.807, 2.05) is 44.4 Å². The molecule has 264 valence electrons. The second kappa shape index (κ2) is 21.7. The summed E-state index contributed by atoms with van der Waals surface area (Å²) >= 11 is 0. The molecule has 0 radical (unpaired) electrons. The number of nitrogens with zero attached hydrogens (tertiary/aromatic N) is 3. The topological polar surface area (TPSA) is 143 Å². The second-order valence-corrected chi connectivity index (χ2v) is 14.3. The van der Waals surface area contributed by atoms with Crippen molar-refractivity contribution in [2.45, 2.75) is 113 Å². The van der Waals surface area contributed by atoms with Gasteiger partial charge in [-0.1, -0.05) is 47.6 Å². The largest absolute Gasteiger partial charge is 0.392 e. The average Bonchev–Trinajstić information content (AvgIpc) is 3.37. The fraction of sp³-hybridized carbons (Fsp3) is 0.583. The molecule has 0 spiro atoms. The van der Waals surface area contributed by atoms with Crippen molar-refractivity contribution in [3.05, 3.63) is 64.7 Å². The molecule has 0 aliphatic rings. The first-order chi connectivity index (χ1) is 22.0. The number of aryl methyl sites for hydroxylation is 1. The van der Waals surface area contributed by atoms with Crippen LogP contribution in [0.4, 0.5) is 4.39 Å². The molecule has 0 aliphatic heterocycles. The van der Waals surface area contributed by atoms with Gasteiger partial charge in [-0.2, -0.15) is 5.26 Å². The van der Waals surface area contributed by atoms with Crippen molar-refractivity contribution in [1.29, 1.82) is 5.26 Å². The molecule has 0 bridgehead atoms. The van der Waals surface area contributed by atoms with Crippen LogP contribution in [0.5, 0.6) is 0 Å². The third kappa shape index (κ3) is 16.5. The van der Waals surface area contributed by atoms with Gasteiger partial charge in [0.2, 0.25) is 0 Å². The summed E-state index contributed by atoms with van der Waals surface area (Å²) in [6.45, 7) is 21.8. The lowest BCUT2D eigenvalue weighted by Crippen LogP contribution is -2.44. The number of aromatic nitrogens is 2. The Kier molecular flexibility index (Phi) is 20.2. The predicted molar refractivity (Wildman–Crippen MR) is 192 cm³/mol. The van der Waals surface area contributed by atoms with Crippen LogP contribution in [0.1, 0.15) is 109 Å². The van der Waals surface area contributed by atoms with Gasteiger partial charge in [-0.3, -0.25) is 9.00 Å². The first kappa shape index (κ1) is 43.8. The molecule has 0 aliphatic carbocycles. The number of amides is 1. The Hall–Kier alpha value is -3.17. The molecule has 3 rings (SSSR count). The zero-order valence-corrected chi connectivity index (χ0v) is 31.2. The van der Waals surface area contributed by atoms with E-state index in [2.05, 4.69) is 51.8 Å². The zero-order valence-electron chi connectivity index (χ0n) is 30.4. The van der Waals surface area contributed by atoms with Crippen LogP contribution >= 0.6 is 0 Å². The summed E-state index contributed by atoms with van der Waals surface area (Å²) in [6.07, 6.45) is 3.32. The summed E-state index contributed by atoms with van der Waals surface area (Å²) in [5.41, 5.74) is 7.93. The second-order valence-electron chi connectivity index (χ2n) is 12.7. The summed E-state index contributed by atoms with van der Waals surface area (Å²) in [5, 5.41) is 20.0. The summed E-state index contributed by atoms with van der Waals surface area (Å²) in [7, 11) is -0.922. The molecule has 11 heteroatoms. The molecule has 0 saturated heterocycles. The molecule has 47 heavy (non-hydrogen) atoms. The van der Waals surface area contributed by atoms with E-state index >= 15 is 0 Å². The molecule has 9 nitrogen and oxygen atoms in total. The summed E-state index contributed by atoms with van der Waals surface area (Å²) in [4.78, 5) is 17.5. The molecular formula is C36H58FN5O4S.